The highest BCUT2D eigenvalue weighted by atomic mass is 32.2. The summed E-state index contributed by atoms with van der Waals surface area (Å²) in [4.78, 5) is 32.6. The maximum Gasteiger partial charge on any atom is 0.236 e. The van der Waals surface area contributed by atoms with E-state index >= 15 is 0 Å². The van der Waals surface area contributed by atoms with E-state index in [1.54, 1.807) is 11.3 Å². The van der Waals surface area contributed by atoms with Crippen molar-refractivity contribution in [3.8, 4) is 0 Å². The van der Waals surface area contributed by atoms with E-state index < -0.39 is 0 Å². The Bertz CT molecular complexity index is 1080. The van der Waals surface area contributed by atoms with Crippen LogP contribution in [0.3, 0.4) is 0 Å². The lowest BCUT2D eigenvalue weighted by Gasteiger charge is -2.25. The molecule has 0 unspecified atom stereocenters. The molecule has 166 valence electrons. The number of carbonyl (C=O) groups excluding carboxylic acids is 2. The first-order chi connectivity index (χ1) is 15.5. The monoisotopic (exact) mass is 466 g/mol. The molecule has 8 heteroatoms. The van der Waals surface area contributed by atoms with Crippen molar-refractivity contribution in [3.63, 3.8) is 0 Å². The van der Waals surface area contributed by atoms with Gasteiger partial charge >= 0.3 is 0 Å². The van der Waals surface area contributed by atoms with E-state index in [0.29, 0.717) is 5.13 Å². The predicted molar refractivity (Wildman–Crippen MR) is 132 cm³/mol. The summed E-state index contributed by atoms with van der Waals surface area (Å²) in [6.07, 6.45) is 0.891. The highest BCUT2D eigenvalue weighted by molar-refractivity contribution is 8.00. The molecule has 0 atom stereocenters. The van der Waals surface area contributed by atoms with Gasteiger partial charge in [0.25, 0.3) is 0 Å². The van der Waals surface area contributed by atoms with Crippen molar-refractivity contribution >= 4 is 45.7 Å². The zero-order valence-corrected chi connectivity index (χ0v) is 19.6. The number of benzene rings is 2. The Kier molecular flexibility index (Phi) is 7.57. The molecule has 0 saturated carbocycles. The molecule has 0 fully saturated rings. The van der Waals surface area contributed by atoms with Crippen LogP contribution in [0.1, 0.15) is 21.7 Å². The van der Waals surface area contributed by atoms with Gasteiger partial charge in [0, 0.05) is 36.6 Å². The maximum atomic E-state index is 12.3. The summed E-state index contributed by atoms with van der Waals surface area (Å²) in [6.45, 7) is 4.71. The fraction of sp³-hybridized carbons (Fsp3) is 0.292. The molecule has 0 saturated heterocycles. The van der Waals surface area contributed by atoms with Crippen LogP contribution in [-0.4, -0.2) is 39.7 Å². The Balaban J connectivity index is 1.21. The summed E-state index contributed by atoms with van der Waals surface area (Å²) in [7, 11) is 0. The Morgan fingerprint density at radius 3 is 2.62 bits per heavy atom. The molecule has 2 N–H and O–H groups in total. The average Bonchev–Trinajstić information content (AvgIpc) is 3.16. The summed E-state index contributed by atoms with van der Waals surface area (Å²) >= 11 is 2.84. The third kappa shape index (κ3) is 6.41. The van der Waals surface area contributed by atoms with Crippen LogP contribution in [-0.2, 0) is 29.1 Å². The number of anilines is 2. The molecule has 32 heavy (non-hydrogen) atoms. The third-order valence-electron chi connectivity index (χ3n) is 5.07. The zero-order valence-electron chi connectivity index (χ0n) is 18.0. The van der Waals surface area contributed by atoms with E-state index in [9.17, 15) is 9.59 Å². The second-order valence-corrected chi connectivity index (χ2v) is 9.86. The van der Waals surface area contributed by atoms with Gasteiger partial charge in [0.2, 0.25) is 11.8 Å². The molecule has 0 bridgehead atoms. The van der Waals surface area contributed by atoms with Crippen LogP contribution in [0.5, 0.6) is 0 Å². The number of hydrogen-bond acceptors (Lipinski definition) is 6. The molecule has 0 spiro atoms. The van der Waals surface area contributed by atoms with Crippen LogP contribution in [0.2, 0.25) is 0 Å². The maximum absolute atomic E-state index is 12.3. The largest absolute Gasteiger partial charge is 0.325 e. The smallest absolute Gasteiger partial charge is 0.236 e. The van der Waals surface area contributed by atoms with E-state index in [1.807, 2.05) is 37.3 Å². The molecule has 0 aliphatic carbocycles. The minimum absolute atomic E-state index is 0.114. The van der Waals surface area contributed by atoms with Gasteiger partial charge in [-0.15, -0.1) is 23.1 Å². The minimum Gasteiger partial charge on any atom is -0.325 e. The molecule has 1 aliphatic rings. The van der Waals surface area contributed by atoms with E-state index in [-0.39, 0.29) is 23.3 Å². The summed E-state index contributed by atoms with van der Waals surface area (Å²) in [5, 5.41) is 6.39. The third-order valence-corrected chi connectivity index (χ3v) is 7.00. The number of aromatic nitrogens is 1. The molecule has 2 amide bonds. The lowest BCUT2D eigenvalue weighted by Crippen LogP contribution is -2.29. The first kappa shape index (κ1) is 22.5. The minimum atomic E-state index is -0.134. The Morgan fingerprint density at radius 1 is 1.06 bits per heavy atom. The Hall–Kier alpha value is -2.68. The van der Waals surface area contributed by atoms with Gasteiger partial charge in [-0.2, -0.15) is 0 Å². The summed E-state index contributed by atoms with van der Waals surface area (Å²) in [5.41, 5.74) is 4.25. The van der Waals surface area contributed by atoms with Crippen LogP contribution in [0.15, 0.2) is 54.6 Å². The van der Waals surface area contributed by atoms with Crippen molar-refractivity contribution in [2.24, 2.45) is 0 Å². The molecule has 1 aliphatic heterocycles. The normalized spacial score (nSPS) is 13.4. The number of hydrogen-bond donors (Lipinski definition) is 2. The lowest BCUT2D eigenvalue weighted by atomic mass is 10.1. The molecule has 4 rings (SSSR count). The van der Waals surface area contributed by atoms with Gasteiger partial charge in [-0.3, -0.25) is 14.5 Å². The molecule has 2 aromatic carbocycles. The van der Waals surface area contributed by atoms with Crippen molar-refractivity contribution in [3.05, 3.63) is 76.3 Å². The molecule has 3 aromatic rings. The van der Waals surface area contributed by atoms with Crippen LogP contribution in [0, 0.1) is 6.92 Å². The van der Waals surface area contributed by atoms with Crippen LogP contribution in [0.4, 0.5) is 10.8 Å². The van der Waals surface area contributed by atoms with E-state index in [1.165, 1.54) is 22.2 Å². The van der Waals surface area contributed by atoms with Crippen LogP contribution < -0.4 is 10.6 Å². The lowest BCUT2D eigenvalue weighted by molar-refractivity contribution is -0.114. The van der Waals surface area contributed by atoms with Crippen molar-refractivity contribution in [1.82, 2.24) is 9.88 Å². The predicted octanol–water partition coefficient (Wildman–Crippen LogP) is 4.32. The van der Waals surface area contributed by atoms with Gasteiger partial charge in [0.05, 0.1) is 17.2 Å². The molecule has 6 nitrogen and oxygen atoms in total. The number of amides is 2. The van der Waals surface area contributed by atoms with Gasteiger partial charge in [0.15, 0.2) is 5.13 Å². The number of aryl methyl sites for hydroxylation is 1. The highest BCUT2D eigenvalue weighted by Crippen LogP contribution is 2.29. The Morgan fingerprint density at radius 2 is 1.84 bits per heavy atom. The number of nitrogens with one attached hydrogen (secondary N) is 2. The number of fused-ring (bicyclic) bond motifs is 1. The average molecular weight is 467 g/mol. The summed E-state index contributed by atoms with van der Waals surface area (Å²) in [5.74, 6) is 0.192. The van der Waals surface area contributed by atoms with Crippen LogP contribution >= 0.6 is 23.1 Å². The molecular weight excluding hydrogens is 440 g/mol. The topological polar surface area (TPSA) is 74.3 Å². The van der Waals surface area contributed by atoms with Crippen molar-refractivity contribution in [2.45, 2.75) is 26.4 Å². The van der Waals surface area contributed by atoms with Gasteiger partial charge in [-0.1, -0.05) is 42.5 Å². The molecule has 0 radical (unpaired) electrons. The Labute approximate surface area is 196 Å². The second-order valence-electron chi connectivity index (χ2n) is 7.79. The fourth-order valence-corrected chi connectivity index (χ4v) is 5.27. The summed E-state index contributed by atoms with van der Waals surface area (Å²) in [6, 6.07) is 18.1. The molecule has 2 heterocycles. The number of carbonyl (C=O) groups is 2. The van der Waals surface area contributed by atoms with Crippen LogP contribution in [0.25, 0.3) is 0 Å². The molecular formula is C24H26N4O2S2. The van der Waals surface area contributed by atoms with Gasteiger partial charge in [-0.25, -0.2) is 4.98 Å². The van der Waals surface area contributed by atoms with Crippen molar-refractivity contribution in [1.29, 1.82) is 0 Å². The number of nitrogens with zero attached hydrogens (tertiary/aromatic N) is 2. The first-order valence-electron chi connectivity index (χ1n) is 10.5. The highest BCUT2D eigenvalue weighted by Gasteiger charge is 2.21. The number of thiazole rings is 1. The summed E-state index contributed by atoms with van der Waals surface area (Å²) < 4.78 is 0. The van der Waals surface area contributed by atoms with Crippen molar-refractivity contribution < 1.29 is 9.59 Å². The van der Waals surface area contributed by atoms with E-state index in [4.69, 9.17) is 0 Å². The first-order valence-corrected chi connectivity index (χ1v) is 12.5. The number of thioether (sulfide) groups is 1. The van der Waals surface area contributed by atoms with Gasteiger partial charge in [0.1, 0.15) is 0 Å². The second kappa shape index (κ2) is 10.8. The van der Waals surface area contributed by atoms with E-state index in [2.05, 4.69) is 44.8 Å². The van der Waals surface area contributed by atoms with Crippen molar-refractivity contribution in [2.75, 3.05) is 28.7 Å². The molecule has 1 aromatic heterocycles. The van der Waals surface area contributed by atoms with Gasteiger partial charge in [-0.05, 0) is 30.2 Å². The SMILES string of the molecule is Cc1cccc(NC(=O)CSCC(=O)Nc2nc3c(s2)CN(Cc2ccccc2)CC3)c1. The van der Waals surface area contributed by atoms with E-state index in [0.717, 1.165) is 43.0 Å². The number of rotatable bonds is 8. The fourth-order valence-electron chi connectivity index (χ4n) is 3.59. The van der Waals surface area contributed by atoms with Gasteiger partial charge < -0.3 is 10.6 Å². The standard InChI is InChI=1S/C24H26N4O2S2/c1-17-6-5-9-19(12-17)25-22(29)15-31-16-23(30)27-24-26-20-10-11-28(14-21(20)32-24)13-18-7-3-2-4-8-18/h2-9,12H,10-11,13-16H2,1H3,(H,25,29)(H,26,27,30). The zero-order chi connectivity index (χ0) is 22.3. The quantitative estimate of drug-likeness (QED) is 0.517.